The molecule has 0 aliphatic carbocycles. The highest BCUT2D eigenvalue weighted by Crippen LogP contribution is 2.22. The van der Waals surface area contributed by atoms with Crippen LogP contribution >= 0.6 is 11.8 Å². The molecule has 0 fully saturated rings. The number of thioether (sulfide) groups is 1. The summed E-state index contributed by atoms with van der Waals surface area (Å²) in [6.45, 7) is 2.56. The molecular formula is C27H26N4O2S. The van der Waals surface area contributed by atoms with Crippen molar-refractivity contribution in [2.45, 2.75) is 25.0 Å². The zero-order chi connectivity index (χ0) is 23.8. The monoisotopic (exact) mass is 470 g/mol. The molecule has 0 saturated heterocycles. The zero-order valence-corrected chi connectivity index (χ0v) is 19.7. The van der Waals surface area contributed by atoms with Gasteiger partial charge in [-0.05, 0) is 47.9 Å². The average Bonchev–Trinajstić information content (AvgIpc) is 3.36. The van der Waals surface area contributed by atoms with E-state index in [-0.39, 0.29) is 17.6 Å². The van der Waals surface area contributed by atoms with E-state index in [0.717, 1.165) is 23.4 Å². The van der Waals surface area contributed by atoms with Gasteiger partial charge in [0.05, 0.1) is 5.75 Å². The highest BCUT2D eigenvalue weighted by molar-refractivity contribution is 7.99. The minimum atomic E-state index is -0.145. The third kappa shape index (κ3) is 6.14. The Morgan fingerprint density at radius 1 is 0.941 bits per heavy atom. The van der Waals surface area contributed by atoms with Crippen LogP contribution in [0.3, 0.4) is 0 Å². The fraction of sp³-hybridized carbons (Fsp3) is 0.148. The molecule has 0 aliphatic heterocycles. The van der Waals surface area contributed by atoms with Crippen molar-refractivity contribution in [1.29, 1.82) is 0 Å². The van der Waals surface area contributed by atoms with E-state index < -0.39 is 0 Å². The van der Waals surface area contributed by atoms with E-state index in [1.165, 1.54) is 17.3 Å². The number of aromatic nitrogens is 2. The Morgan fingerprint density at radius 2 is 1.74 bits per heavy atom. The molecule has 0 unspecified atom stereocenters. The molecule has 1 heterocycles. The predicted octanol–water partition coefficient (Wildman–Crippen LogP) is 5.10. The van der Waals surface area contributed by atoms with Crippen LogP contribution in [-0.2, 0) is 17.8 Å². The molecule has 3 aromatic carbocycles. The Morgan fingerprint density at radius 3 is 2.50 bits per heavy atom. The van der Waals surface area contributed by atoms with Gasteiger partial charge in [-0.1, -0.05) is 67.2 Å². The molecule has 0 saturated carbocycles. The zero-order valence-electron chi connectivity index (χ0n) is 18.9. The topological polar surface area (TPSA) is 76.0 Å². The summed E-state index contributed by atoms with van der Waals surface area (Å²) < 4.78 is 1.88. The van der Waals surface area contributed by atoms with Crippen LogP contribution in [0.1, 0.15) is 28.4 Å². The summed E-state index contributed by atoms with van der Waals surface area (Å²) in [4.78, 5) is 29.5. The number of anilines is 1. The van der Waals surface area contributed by atoms with Crippen LogP contribution in [0.5, 0.6) is 0 Å². The standard InChI is InChI=1S/C27H26N4O2S/c1-2-20-11-13-23(14-12-20)30-25(32)19-34-27-28-15-16-31(27)24-10-6-9-22(17-24)26(33)29-18-21-7-4-3-5-8-21/h3-17H,2,18-19H2,1H3,(H,29,33)(H,30,32). The third-order valence-corrected chi connectivity index (χ3v) is 6.23. The van der Waals surface area contributed by atoms with Crippen molar-refractivity contribution in [1.82, 2.24) is 14.9 Å². The molecule has 4 rings (SSSR count). The van der Waals surface area contributed by atoms with Crippen LogP contribution in [0.2, 0.25) is 0 Å². The first-order valence-electron chi connectivity index (χ1n) is 11.1. The van der Waals surface area contributed by atoms with E-state index in [2.05, 4.69) is 22.5 Å². The molecule has 172 valence electrons. The lowest BCUT2D eigenvalue weighted by Crippen LogP contribution is -2.22. The Balaban J connectivity index is 1.37. The van der Waals surface area contributed by atoms with E-state index >= 15 is 0 Å². The molecule has 0 aliphatic rings. The van der Waals surface area contributed by atoms with Gasteiger partial charge in [-0.25, -0.2) is 4.98 Å². The summed E-state index contributed by atoms with van der Waals surface area (Å²) in [6, 6.07) is 25.0. The second-order valence-corrected chi connectivity index (χ2v) is 8.63. The number of hydrogen-bond acceptors (Lipinski definition) is 4. The van der Waals surface area contributed by atoms with E-state index in [9.17, 15) is 9.59 Å². The maximum absolute atomic E-state index is 12.7. The fourth-order valence-electron chi connectivity index (χ4n) is 3.42. The number of nitrogens with one attached hydrogen (secondary N) is 2. The number of carbonyl (C=O) groups is 2. The molecular weight excluding hydrogens is 444 g/mol. The molecule has 7 heteroatoms. The Hall–Kier alpha value is -3.84. The molecule has 2 amide bonds. The van der Waals surface area contributed by atoms with Gasteiger partial charge in [-0.3, -0.25) is 14.2 Å². The van der Waals surface area contributed by atoms with E-state index in [1.54, 1.807) is 12.3 Å². The van der Waals surface area contributed by atoms with E-state index in [0.29, 0.717) is 17.3 Å². The molecule has 6 nitrogen and oxygen atoms in total. The van der Waals surface area contributed by atoms with Gasteiger partial charge >= 0.3 is 0 Å². The molecule has 0 atom stereocenters. The minimum absolute atomic E-state index is 0.0992. The number of aryl methyl sites for hydroxylation is 1. The average molecular weight is 471 g/mol. The van der Waals surface area contributed by atoms with Crippen LogP contribution in [0, 0.1) is 0 Å². The molecule has 0 spiro atoms. The molecule has 2 N–H and O–H groups in total. The maximum atomic E-state index is 12.7. The number of benzene rings is 3. The van der Waals surface area contributed by atoms with Crippen molar-refractivity contribution in [3.8, 4) is 5.69 Å². The van der Waals surface area contributed by atoms with Gasteiger partial charge in [0.2, 0.25) is 5.91 Å². The highest BCUT2D eigenvalue weighted by atomic mass is 32.2. The first-order valence-corrected chi connectivity index (χ1v) is 12.1. The fourth-order valence-corrected chi connectivity index (χ4v) is 4.19. The number of rotatable bonds is 9. The van der Waals surface area contributed by atoms with Crippen LogP contribution in [-0.4, -0.2) is 27.1 Å². The quantitative estimate of drug-likeness (QED) is 0.334. The van der Waals surface area contributed by atoms with Crippen molar-refractivity contribution in [3.63, 3.8) is 0 Å². The normalized spacial score (nSPS) is 10.6. The Labute approximate surface area is 203 Å². The van der Waals surface area contributed by atoms with Crippen molar-refractivity contribution in [2.75, 3.05) is 11.1 Å². The number of nitrogens with zero attached hydrogens (tertiary/aromatic N) is 2. The van der Waals surface area contributed by atoms with Crippen LogP contribution in [0.15, 0.2) is 96.4 Å². The maximum Gasteiger partial charge on any atom is 0.251 e. The number of amides is 2. The van der Waals surface area contributed by atoms with Crippen molar-refractivity contribution in [3.05, 3.63) is 108 Å². The second-order valence-electron chi connectivity index (χ2n) is 7.69. The third-order valence-electron chi connectivity index (χ3n) is 5.27. The summed E-state index contributed by atoms with van der Waals surface area (Å²) in [7, 11) is 0. The van der Waals surface area contributed by atoms with Gasteiger partial charge in [0, 0.05) is 35.9 Å². The van der Waals surface area contributed by atoms with Crippen LogP contribution in [0.25, 0.3) is 5.69 Å². The van der Waals surface area contributed by atoms with Gasteiger partial charge in [0.15, 0.2) is 5.16 Å². The Kier molecular flexibility index (Phi) is 7.78. The van der Waals surface area contributed by atoms with Crippen LogP contribution in [0.4, 0.5) is 5.69 Å². The van der Waals surface area contributed by atoms with Crippen molar-refractivity contribution >= 4 is 29.3 Å². The summed E-state index contributed by atoms with van der Waals surface area (Å²) >= 11 is 1.34. The van der Waals surface area contributed by atoms with Gasteiger partial charge in [-0.2, -0.15) is 0 Å². The molecule has 4 aromatic rings. The molecule has 0 radical (unpaired) electrons. The van der Waals surface area contributed by atoms with E-state index in [1.807, 2.05) is 83.6 Å². The SMILES string of the molecule is CCc1ccc(NC(=O)CSc2nccn2-c2cccc(C(=O)NCc3ccccc3)c2)cc1. The molecule has 34 heavy (non-hydrogen) atoms. The largest absolute Gasteiger partial charge is 0.348 e. The second kappa shape index (κ2) is 11.3. The van der Waals surface area contributed by atoms with Crippen molar-refractivity contribution < 1.29 is 9.59 Å². The lowest BCUT2D eigenvalue weighted by atomic mass is 10.1. The first kappa shape index (κ1) is 23.3. The Bertz CT molecular complexity index is 1250. The number of hydrogen-bond donors (Lipinski definition) is 2. The first-order chi connectivity index (χ1) is 16.6. The summed E-state index contributed by atoms with van der Waals surface area (Å²) in [6.07, 6.45) is 4.47. The molecule has 1 aromatic heterocycles. The smallest absolute Gasteiger partial charge is 0.251 e. The number of carbonyl (C=O) groups excluding carboxylic acids is 2. The molecule has 0 bridgehead atoms. The highest BCUT2D eigenvalue weighted by Gasteiger charge is 2.12. The predicted molar refractivity (Wildman–Crippen MR) is 136 cm³/mol. The minimum Gasteiger partial charge on any atom is -0.348 e. The van der Waals surface area contributed by atoms with E-state index in [4.69, 9.17) is 0 Å². The van der Waals surface area contributed by atoms with Gasteiger partial charge < -0.3 is 10.6 Å². The number of imidazole rings is 1. The summed E-state index contributed by atoms with van der Waals surface area (Å²) in [5.74, 6) is -0.0182. The lowest BCUT2D eigenvalue weighted by Gasteiger charge is -2.10. The van der Waals surface area contributed by atoms with Gasteiger partial charge in [0.25, 0.3) is 5.91 Å². The van der Waals surface area contributed by atoms with Gasteiger partial charge in [0.1, 0.15) is 0 Å². The summed E-state index contributed by atoms with van der Waals surface area (Å²) in [5, 5.41) is 6.55. The van der Waals surface area contributed by atoms with Crippen LogP contribution < -0.4 is 10.6 Å². The van der Waals surface area contributed by atoms with Crippen molar-refractivity contribution in [2.24, 2.45) is 0 Å². The lowest BCUT2D eigenvalue weighted by molar-refractivity contribution is -0.113. The summed E-state index contributed by atoms with van der Waals surface area (Å²) in [5.41, 5.74) is 4.42. The van der Waals surface area contributed by atoms with Gasteiger partial charge in [-0.15, -0.1) is 0 Å².